The molecule has 0 aliphatic carbocycles. The maximum atomic E-state index is 6.26. The number of rotatable bonds is 11. The molecule has 4 nitrogen and oxygen atoms in total. The van der Waals surface area contributed by atoms with Crippen molar-refractivity contribution in [2.24, 2.45) is 5.41 Å². The summed E-state index contributed by atoms with van der Waals surface area (Å²) in [7, 11) is 0. The van der Waals surface area contributed by atoms with E-state index < -0.39 is 0 Å². The smallest absolute Gasteiger partial charge is 0.134 e. The van der Waals surface area contributed by atoms with Gasteiger partial charge in [0.2, 0.25) is 0 Å². The Bertz CT molecular complexity index is 948. The van der Waals surface area contributed by atoms with Crippen LogP contribution in [0.4, 0.5) is 0 Å². The Kier molecular flexibility index (Phi) is 8.44. The average Bonchev–Trinajstić information content (AvgIpc) is 2.75. The monoisotopic (exact) mass is 421 g/mol. The van der Waals surface area contributed by atoms with E-state index in [9.17, 15) is 0 Å². The summed E-state index contributed by atoms with van der Waals surface area (Å²) in [4.78, 5) is 4.83. The molecule has 3 rings (SSSR count). The highest BCUT2D eigenvalue weighted by Crippen LogP contribution is 2.31. The second kappa shape index (κ2) is 11.3. The summed E-state index contributed by atoms with van der Waals surface area (Å²) >= 11 is 0. The Labute approximate surface area is 186 Å². The van der Waals surface area contributed by atoms with E-state index in [-0.39, 0.29) is 5.41 Å². The summed E-state index contributed by atoms with van der Waals surface area (Å²) < 4.78 is 17.9. The van der Waals surface area contributed by atoms with Gasteiger partial charge < -0.3 is 14.2 Å². The van der Waals surface area contributed by atoms with E-state index in [0.29, 0.717) is 19.8 Å². The van der Waals surface area contributed by atoms with Gasteiger partial charge in [-0.25, -0.2) is 4.98 Å². The highest BCUT2D eigenvalue weighted by atomic mass is 16.5. The van der Waals surface area contributed by atoms with E-state index in [1.807, 2.05) is 36.4 Å². The van der Waals surface area contributed by atoms with E-state index in [1.165, 1.54) is 0 Å². The normalized spacial score (nSPS) is 11.7. The van der Waals surface area contributed by atoms with Gasteiger partial charge in [0, 0.05) is 24.2 Å². The van der Waals surface area contributed by atoms with Gasteiger partial charge in [-0.3, -0.25) is 0 Å². The summed E-state index contributed by atoms with van der Waals surface area (Å²) in [6, 6.07) is 18.4. The lowest BCUT2D eigenvalue weighted by Gasteiger charge is -2.18. The van der Waals surface area contributed by atoms with Gasteiger partial charge >= 0.3 is 0 Å². The molecule has 31 heavy (non-hydrogen) atoms. The van der Waals surface area contributed by atoms with E-state index in [0.717, 1.165) is 59.5 Å². The van der Waals surface area contributed by atoms with Crippen molar-refractivity contribution >= 4 is 10.9 Å². The topological polar surface area (TPSA) is 40.6 Å². The number of benzene rings is 2. The molecule has 4 heteroatoms. The molecule has 0 unspecified atom stereocenters. The quantitative estimate of drug-likeness (QED) is 0.332. The number of fused-ring (bicyclic) bond motifs is 1. The zero-order chi connectivity index (χ0) is 22.1. The molecule has 0 spiro atoms. The number of unbranched alkanes of at least 4 members (excludes halogenated alkanes) is 1. The van der Waals surface area contributed by atoms with Crippen molar-refractivity contribution in [3.8, 4) is 5.75 Å². The molecule has 0 amide bonds. The lowest BCUT2D eigenvalue weighted by molar-refractivity contribution is 0.0595. The highest BCUT2D eigenvalue weighted by molar-refractivity contribution is 5.86. The van der Waals surface area contributed by atoms with Crippen LogP contribution >= 0.6 is 0 Å². The third-order valence-electron chi connectivity index (χ3n) is 5.00. The largest absolute Gasteiger partial charge is 0.488 e. The van der Waals surface area contributed by atoms with Gasteiger partial charge in [0.1, 0.15) is 12.4 Å². The van der Waals surface area contributed by atoms with Crippen LogP contribution in [0.2, 0.25) is 0 Å². The summed E-state index contributed by atoms with van der Waals surface area (Å²) in [6.07, 6.45) is 1.99. The van der Waals surface area contributed by atoms with Crippen LogP contribution in [0.5, 0.6) is 5.75 Å². The molecular formula is C27H35NO3. The summed E-state index contributed by atoms with van der Waals surface area (Å²) in [5.41, 5.74) is 4.28. The van der Waals surface area contributed by atoms with Crippen LogP contribution in [-0.4, -0.2) is 24.8 Å². The maximum Gasteiger partial charge on any atom is 0.134 e. The first-order chi connectivity index (χ1) is 14.9. The number of hydrogen-bond donors (Lipinski definition) is 0. The van der Waals surface area contributed by atoms with Crippen molar-refractivity contribution in [1.82, 2.24) is 4.98 Å². The molecule has 0 bridgehead atoms. The fourth-order valence-corrected chi connectivity index (χ4v) is 3.34. The molecule has 0 aliphatic heterocycles. The Balaban J connectivity index is 1.57. The van der Waals surface area contributed by atoms with Gasteiger partial charge in [-0.15, -0.1) is 0 Å². The summed E-state index contributed by atoms with van der Waals surface area (Å²) in [5, 5.41) is 1.04. The second-order valence-corrected chi connectivity index (χ2v) is 9.18. The SMILES string of the molecule is Cc1c(COCCCCOCC(C)(C)C)nc2ccccc2c1OCc1ccccc1. The average molecular weight is 422 g/mol. The van der Waals surface area contributed by atoms with Gasteiger partial charge in [0.25, 0.3) is 0 Å². The van der Waals surface area contributed by atoms with Crippen LogP contribution in [-0.2, 0) is 22.7 Å². The van der Waals surface area contributed by atoms with Crippen LogP contribution in [0.3, 0.4) is 0 Å². The highest BCUT2D eigenvalue weighted by Gasteiger charge is 2.13. The number of para-hydroxylation sites is 1. The Hall–Kier alpha value is -2.43. The molecule has 0 saturated heterocycles. The van der Waals surface area contributed by atoms with Crippen LogP contribution < -0.4 is 4.74 Å². The van der Waals surface area contributed by atoms with E-state index in [4.69, 9.17) is 19.2 Å². The number of aromatic nitrogens is 1. The van der Waals surface area contributed by atoms with Gasteiger partial charge in [0.15, 0.2) is 0 Å². The minimum atomic E-state index is 0.218. The van der Waals surface area contributed by atoms with Crippen molar-refractivity contribution in [2.75, 3.05) is 19.8 Å². The standard InChI is InChI=1S/C27H35NO3/c1-21-25(19-29-16-10-11-17-30-20-27(2,3)4)28-24-15-9-8-14-23(24)26(21)31-18-22-12-6-5-7-13-22/h5-9,12-15H,10-11,16-20H2,1-4H3. The third-order valence-corrected chi connectivity index (χ3v) is 5.00. The fourth-order valence-electron chi connectivity index (χ4n) is 3.34. The lowest BCUT2D eigenvalue weighted by Crippen LogP contribution is -2.15. The van der Waals surface area contributed by atoms with E-state index >= 15 is 0 Å². The first-order valence-electron chi connectivity index (χ1n) is 11.1. The van der Waals surface area contributed by atoms with Crippen molar-refractivity contribution < 1.29 is 14.2 Å². The molecule has 2 aromatic carbocycles. The molecule has 0 radical (unpaired) electrons. The predicted molar refractivity (Wildman–Crippen MR) is 126 cm³/mol. The molecular weight excluding hydrogens is 386 g/mol. The zero-order valence-electron chi connectivity index (χ0n) is 19.3. The van der Waals surface area contributed by atoms with Crippen molar-refractivity contribution in [3.63, 3.8) is 0 Å². The molecule has 0 saturated carbocycles. The molecule has 1 heterocycles. The lowest BCUT2D eigenvalue weighted by atomic mass is 9.99. The first-order valence-corrected chi connectivity index (χ1v) is 11.1. The minimum absolute atomic E-state index is 0.218. The fraction of sp³-hybridized carbons (Fsp3) is 0.444. The Morgan fingerprint density at radius 3 is 2.23 bits per heavy atom. The van der Waals surface area contributed by atoms with Gasteiger partial charge in [0.05, 0.1) is 24.4 Å². The number of pyridine rings is 1. The maximum absolute atomic E-state index is 6.26. The third kappa shape index (κ3) is 7.34. The zero-order valence-corrected chi connectivity index (χ0v) is 19.3. The number of ether oxygens (including phenoxy) is 3. The van der Waals surface area contributed by atoms with Crippen molar-refractivity contribution in [2.45, 2.75) is 53.8 Å². The van der Waals surface area contributed by atoms with Crippen molar-refractivity contribution in [1.29, 1.82) is 0 Å². The molecule has 0 atom stereocenters. The van der Waals surface area contributed by atoms with E-state index in [1.54, 1.807) is 0 Å². The number of nitrogens with zero attached hydrogens (tertiary/aromatic N) is 1. The molecule has 3 aromatic rings. The van der Waals surface area contributed by atoms with Crippen molar-refractivity contribution in [3.05, 3.63) is 71.4 Å². The molecule has 0 N–H and O–H groups in total. The van der Waals surface area contributed by atoms with Crippen LogP contribution in [0.15, 0.2) is 54.6 Å². The Morgan fingerprint density at radius 2 is 1.48 bits per heavy atom. The van der Waals surface area contributed by atoms with Crippen LogP contribution in [0.25, 0.3) is 10.9 Å². The second-order valence-electron chi connectivity index (χ2n) is 9.18. The van der Waals surface area contributed by atoms with Gasteiger partial charge in [-0.05, 0) is 42.9 Å². The van der Waals surface area contributed by atoms with Gasteiger partial charge in [-0.1, -0.05) is 63.2 Å². The number of hydrogen-bond acceptors (Lipinski definition) is 4. The summed E-state index contributed by atoms with van der Waals surface area (Å²) in [5.74, 6) is 0.892. The first kappa shape index (κ1) is 23.2. The molecule has 166 valence electrons. The molecule has 0 fully saturated rings. The van der Waals surface area contributed by atoms with Crippen LogP contribution in [0, 0.1) is 12.3 Å². The van der Waals surface area contributed by atoms with E-state index in [2.05, 4.69) is 45.9 Å². The predicted octanol–water partition coefficient (Wildman–Crippen LogP) is 6.48. The molecule has 0 aliphatic rings. The summed E-state index contributed by atoms with van der Waals surface area (Å²) in [6.45, 7) is 11.9. The van der Waals surface area contributed by atoms with Gasteiger partial charge in [-0.2, -0.15) is 0 Å². The Morgan fingerprint density at radius 1 is 0.806 bits per heavy atom. The van der Waals surface area contributed by atoms with Crippen LogP contribution in [0.1, 0.15) is 50.4 Å². The molecule has 1 aromatic heterocycles. The minimum Gasteiger partial charge on any atom is -0.488 e.